The first kappa shape index (κ1) is 12.8. The highest BCUT2D eigenvalue weighted by molar-refractivity contribution is 7.17. The van der Waals surface area contributed by atoms with Crippen LogP contribution in [0.15, 0.2) is 24.3 Å². The highest BCUT2D eigenvalue weighted by atomic mass is 32.1. The molecule has 2 aromatic rings. The molecular weight excluding hydrogens is 282 g/mol. The zero-order valence-electron chi connectivity index (χ0n) is 12.0. The van der Waals surface area contributed by atoms with Gasteiger partial charge in [-0.15, -0.1) is 0 Å². The summed E-state index contributed by atoms with van der Waals surface area (Å²) in [5, 5.41) is 0.968. The van der Waals surface area contributed by atoms with E-state index in [1.54, 1.807) is 11.3 Å². The van der Waals surface area contributed by atoms with Gasteiger partial charge in [-0.3, -0.25) is 4.79 Å². The van der Waals surface area contributed by atoms with Crippen LogP contribution in [0.25, 0.3) is 0 Å². The van der Waals surface area contributed by atoms with Crippen molar-refractivity contribution in [2.75, 3.05) is 29.9 Å². The SMILES string of the molecule is CN1CCN(c2nc3c(s2)C(=O)CCC3)c2ccccc21. The number of ketones is 1. The Labute approximate surface area is 128 Å². The van der Waals surface area contributed by atoms with E-state index in [2.05, 4.69) is 41.1 Å². The maximum Gasteiger partial charge on any atom is 0.190 e. The second kappa shape index (κ2) is 4.84. The van der Waals surface area contributed by atoms with Crippen LogP contribution in [0.1, 0.15) is 28.2 Å². The number of aryl methyl sites for hydroxylation is 1. The highest BCUT2D eigenvalue weighted by Crippen LogP contribution is 2.40. The van der Waals surface area contributed by atoms with Crippen molar-refractivity contribution in [3.05, 3.63) is 34.8 Å². The minimum atomic E-state index is 0.266. The van der Waals surface area contributed by atoms with Crippen molar-refractivity contribution in [1.82, 2.24) is 4.98 Å². The normalized spacial score (nSPS) is 17.7. The van der Waals surface area contributed by atoms with Gasteiger partial charge in [0.1, 0.15) is 0 Å². The van der Waals surface area contributed by atoms with Gasteiger partial charge in [-0.25, -0.2) is 4.98 Å². The number of aromatic nitrogens is 1. The van der Waals surface area contributed by atoms with Crippen LogP contribution in [0.3, 0.4) is 0 Å². The molecule has 0 spiro atoms. The fraction of sp³-hybridized carbons (Fsp3) is 0.375. The quantitative estimate of drug-likeness (QED) is 0.810. The Morgan fingerprint density at radius 2 is 1.95 bits per heavy atom. The number of hydrogen-bond acceptors (Lipinski definition) is 5. The van der Waals surface area contributed by atoms with Crippen molar-refractivity contribution in [3.8, 4) is 0 Å². The monoisotopic (exact) mass is 299 g/mol. The van der Waals surface area contributed by atoms with Gasteiger partial charge >= 0.3 is 0 Å². The molecule has 4 nitrogen and oxygen atoms in total. The number of rotatable bonds is 1. The first-order valence-electron chi connectivity index (χ1n) is 7.34. The molecule has 2 heterocycles. The maximum absolute atomic E-state index is 12.0. The Balaban J connectivity index is 1.78. The van der Waals surface area contributed by atoms with Gasteiger partial charge in [-0.2, -0.15) is 0 Å². The van der Waals surface area contributed by atoms with Crippen molar-refractivity contribution in [3.63, 3.8) is 0 Å². The molecule has 1 aromatic heterocycles. The molecular formula is C16H17N3OS. The van der Waals surface area contributed by atoms with E-state index < -0.39 is 0 Å². The number of carbonyl (C=O) groups excluding carboxylic acids is 1. The number of anilines is 3. The predicted molar refractivity (Wildman–Crippen MR) is 86.1 cm³/mol. The first-order valence-corrected chi connectivity index (χ1v) is 8.16. The molecule has 5 heteroatoms. The van der Waals surface area contributed by atoms with Crippen LogP contribution in [0, 0.1) is 0 Å². The standard InChI is InChI=1S/C16H17N3OS/c1-18-9-10-19(13-7-3-2-6-12(13)18)16-17-11-5-4-8-14(20)15(11)21-16/h2-3,6-7H,4-5,8-10H2,1H3. The van der Waals surface area contributed by atoms with Crippen LogP contribution in [-0.2, 0) is 6.42 Å². The average molecular weight is 299 g/mol. The fourth-order valence-corrected chi connectivity index (χ4v) is 4.20. The topological polar surface area (TPSA) is 36.4 Å². The Morgan fingerprint density at radius 1 is 1.14 bits per heavy atom. The minimum absolute atomic E-state index is 0.266. The van der Waals surface area contributed by atoms with Gasteiger partial charge in [0.2, 0.25) is 0 Å². The lowest BCUT2D eigenvalue weighted by Crippen LogP contribution is -2.36. The molecule has 1 aliphatic carbocycles. The summed E-state index contributed by atoms with van der Waals surface area (Å²) in [4.78, 5) is 22.2. The number of fused-ring (bicyclic) bond motifs is 2. The van der Waals surface area contributed by atoms with Crippen molar-refractivity contribution in [2.45, 2.75) is 19.3 Å². The third-order valence-corrected chi connectivity index (χ3v) is 5.39. The van der Waals surface area contributed by atoms with Crippen LogP contribution in [0.4, 0.5) is 16.5 Å². The highest BCUT2D eigenvalue weighted by Gasteiger charge is 2.27. The van der Waals surface area contributed by atoms with Crippen molar-refractivity contribution < 1.29 is 4.79 Å². The zero-order valence-corrected chi connectivity index (χ0v) is 12.8. The molecule has 0 amide bonds. The largest absolute Gasteiger partial charge is 0.371 e. The number of para-hydroxylation sites is 2. The summed E-state index contributed by atoms with van der Waals surface area (Å²) in [7, 11) is 2.12. The second-order valence-corrected chi connectivity index (χ2v) is 6.59. The van der Waals surface area contributed by atoms with Crippen molar-refractivity contribution in [1.29, 1.82) is 0 Å². The zero-order chi connectivity index (χ0) is 14.4. The molecule has 0 unspecified atom stereocenters. The lowest BCUT2D eigenvalue weighted by molar-refractivity contribution is 0.0976. The van der Waals surface area contributed by atoms with Gasteiger partial charge in [-0.1, -0.05) is 23.5 Å². The summed E-state index contributed by atoms with van der Waals surface area (Å²) in [6.07, 6.45) is 2.55. The van der Waals surface area contributed by atoms with Crippen LogP contribution in [0.5, 0.6) is 0 Å². The molecule has 21 heavy (non-hydrogen) atoms. The fourth-order valence-electron chi connectivity index (χ4n) is 3.08. The Kier molecular flexibility index (Phi) is 2.96. The van der Waals surface area contributed by atoms with Gasteiger partial charge < -0.3 is 9.80 Å². The molecule has 0 saturated carbocycles. The third kappa shape index (κ3) is 2.03. The summed E-state index contributed by atoms with van der Waals surface area (Å²) < 4.78 is 0. The number of benzene rings is 1. The Hall–Kier alpha value is -1.88. The van der Waals surface area contributed by atoms with E-state index in [9.17, 15) is 4.79 Å². The first-order chi connectivity index (χ1) is 10.2. The summed E-state index contributed by atoms with van der Waals surface area (Å²) >= 11 is 1.56. The third-order valence-electron chi connectivity index (χ3n) is 4.23. The molecule has 108 valence electrons. The van der Waals surface area contributed by atoms with E-state index in [-0.39, 0.29) is 5.78 Å². The molecule has 4 rings (SSSR count). The molecule has 0 N–H and O–H groups in total. The molecule has 0 radical (unpaired) electrons. The Morgan fingerprint density at radius 3 is 2.76 bits per heavy atom. The average Bonchev–Trinajstić information content (AvgIpc) is 2.93. The molecule has 1 aromatic carbocycles. The number of likely N-dealkylation sites (N-methyl/N-ethyl adjacent to an activating group) is 1. The van der Waals surface area contributed by atoms with E-state index in [1.807, 2.05) is 0 Å². The van der Waals surface area contributed by atoms with E-state index >= 15 is 0 Å². The van der Waals surface area contributed by atoms with Gasteiger partial charge in [0.15, 0.2) is 10.9 Å². The van der Waals surface area contributed by atoms with Crippen molar-refractivity contribution in [2.24, 2.45) is 0 Å². The minimum Gasteiger partial charge on any atom is -0.371 e. The van der Waals surface area contributed by atoms with E-state index in [4.69, 9.17) is 4.98 Å². The Bertz CT molecular complexity index is 709. The molecule has 0 fully saturated rings. The lowest BCUT2D eigenvalue weighted by Gasteiger charge is -2.35. The van der Waals surface area contributed by atoms with E-state index in [0.717, 1.165) is 41.6 Å². The summed E-state index contributed by atoms with van der Waals surface area (Å²) in [6.45, 7) is 1.88. The van der Waals surface area contributed by atoms with Crippen LogP contribution >= 0.6 is 11.3 Å². The van der Waals surface area contributed by atoms with Gasteiger partial charge in [-0.05, 0) is 25.0 Å². The summed E-state index contributed by atoms with van der Waals surface area (Å²) in [5.74, 6) is 0.266. The molecule has 1 aliphatic heterocycles. The van der Waals surface area contributed by atoms with Crippen LogP contribution in [0.2, 0.25) is 0 Å². The number of hydrogen-bond donors (Lipinski definition) is 0. The van der Waals surface area contributed by atoms with Gasteiger partial charge in [0, 0.05) is 26.6 Å². The summed E-state index contributed by atoms with van der Waals surface area (Å²) in [6, 6.07) is 8.40. The van der Waals surface area contributed by atoms with Crippen LogP contribution in [-0.4, -0.2) is 30.9 Å². The van der Waals surface area contributed by atoms with E-state index in [1.165, 1.54) is 11.4 Å². The number of thiazole rings is 1. The molecule has 0 atom stereocenters. The molecule has 0 saturated heterocycles. The molecule has 2 aliphatic rings. The molecule has 0 bridgehead atoms. The van der Waals surface area contributed by atoms with Crippen molar-refractivity contribution >= 4 is 33.6 Å². The van der Waals surface area contributed by atoms with Crippen LogP contribution < -0.4 is 9.80 Å². The summed E-state index contributed by atoms with van der Waals surface area (Å²) in [5.41, 5.74) is 3.41. The number of nitrogens with zero attached hydrogens (tertiary/aromatic N) is 3. The number of Topliss-reactive ketones (excluding diaryl/α,β-unsaturated/α-hetero) is 1. The second-order valence-electron chi connectivity index (χ2n) is 5.61. The lowest BCUT2D eigenvalue weighted by atomic mass is 10.0. The van der Waals surface area contributed by atoms with Gasteiger partial charge in [0.05, 0.1) is 21.9 Å². The van der Waals surface area contributed by atoms with E-state index in [0.29, 0.717) is 6.42 Å². The predicted octanol–water partition coefficient (Wildman–Crippen LogP) is 3.25. The number of carbonyl (C=O) groups is 1. The smallest absolute Gasteiger partial charge is 0.190 e. The maximum atomic E-state index is 12.0. The van der Waals surface area contributed by atoms with Gasteiger partial charge in [0.25, 0.3) is 0 Å².